The molecule has 2 aliphatic rings. The molecule has 0 aliphatic heterocycles. The zero-order chi connectivity index (χ0) is 27.3. The molecule has 6 unspecified atom stereocenters. The fourth-order valence-corrected chi connectivity index (χ4v) is 8.64. The molecule has 0 heterocycles. The Morgan fingerprint density at radius 2 is 0.921 bits per heavy atom. The minimum atomic E-state index is 0.873. The van der Waals surface area contributed by atoms with Crippen molar-refractivity contribution in [3.8, 4) is 0 Å². The van der Waals surface area contributed by atoms with Crippen LogP contribution in [0.15, 0.2) is 0 Å². The van der Waals surface area contributed by atoms with Crippen LogP contribution in [0.2, 0.25) is 0 Å². The van der Waals surface area contributed by atoms with Crippen molar-refractivity contribution in [2.24, 2.45) is 47.0 Å². The lowest BCUT2D eigenvalue weighted by Crippen LogP contribution is -2.42. The molecule has 2 nitrogen and oxygen atoms in total. The van der Waals surface area contributed by atoms with Crippen LogP contribution in [0.1, 0.15) is 181 Å². The average Bonchev–Trinajstić information content (AvgIpc) is 2.93. The van der Waals surface area contributed by atoms with Crippen LogP contribution in [0.5, 0.6) is 0 Å². The van der Waals surface area contributed by atoms with Crippen LogP contribution in [-0.4, -0.2) is 13.1 Å². The zero-order valence-corrected chi connectivity index (χ0v) is 26.4. The molecule has 0 aromatic rings. The SMILES string of the molecule is CCCCCCC1C(CCCC)CCC2CC(CCCCCCCCN)C(CCCCCCCCN)CC21. The highest BCUT2D eigenvalue weighted by Gasteiger charge is 2.44. The van der Waals surface area contributed by atoms with Gasteiger partial charge in [0.25, 0.3) is 0 Å². The van der Waals surface area contributed by atoms with Crippen molar-refractivity contribution < 1.29 is 0 Å². The van der Waals surface area contributed by atoms with Gasteiger partial charge in [0.15, 0.2) is 0 Å². The highest BCUT2D eigenvalue weighted by Crippen LogP contribution is 2.54. The molecule has 0 spiro atoms. The number of nitrogens with two attached hydrogens (primary N) is 2. The van der Waals surface area contributed by atoms with Crippen molar-refractivity contribution >= 4 is 0 Å². The van der Waals surface area contributed by atoms with Gasteiger partial charge in [-0.15, -0.1) is 0 Å². The Morgan fingerprint density at radius 3 is 1.50 bits per heavy atom. The quantitative estimate of drug-likeness (QED) is 0.121. The van der Waals surface area contributed by atoms with E-state index in [2.05, 4.69) is 13.8 Å². The Kier molecular flexibility index (Phi) is 20.3. The molecule has 0 aromatic heterocycles. The van der Waals surface area contributed by atoms with Crippen LogP contribution in [0.25, 0.3) is 0 Å². The first kappa shape index (κ1) is 34.1. The Morgan fingerprint density at radius 1 is 0.447 bits per heavy atom. The van der Waals surface area contributed by atoms with Gasteiger partial charge in [-0.2, -0.15) is 0 Å². The summed E-state index contributed by atoms with van der Waals surface area (Å²) >= 11 is 0. The summed E-state index contributed by atoms with van der Waals surface area (Å²) in [6.45, 7) is 6.51. The van der Waals surface area contributed by atoms with Gasteiger partial charge < -0.3 is 11.5 Å². The number of fused-ring (bicyclic) bond motifs is 1. The first-order valence-corrected chi connectivity index (χ1v) is 18.1. The summed E-state index contributed by atoms with van der Waals surface area (Å²) in [5.74, 6) is 6.29. The van der Waals surface area contributed by atoms with E-state index in [1.54, 1.807) is 32.1 Å². The summed E-state index contributed by atoms with van der Waals surface area (Å²) in [5.41, 5.74) is 11.4. The van der Waals surface area contributed by atoms with Crippen molar-refractivity contribution in [3.05, 3.63) is 0 Å². The summed E-state index contributed by atoms with van der Waals surface area (Å²) < 4.78 is 0. The third-order valence-electron chi connectivity index (χ3n) is 10.9. The number of hydrogen-bond acceptors (Lipinski definition) is 2. The number of unbranched alkanes of at least 4 members (excludes halogenated alkanes) is 14. The first-order chi connectivity index (χ1) is 18.7. The second-order valence-electron chi connectivity index (χ2n) is 13.8. The second-order valence-corrected chi connectivity index (χ2v) is 13.8. The second kappa shape index (κ2) is 22.6. The Hall–Kier alpha value is -0.0800. The molecule has 38 heavy (non-hydrogen) atoms. The van der Waals surface area contributed by atoms with E-state index in [-0.39, 0.29) is 0 Å². The fraction of sp³-hybridized carbons (Fsp3) is 1.00. The van der Waals surface area contributed by atoms with Crippen molar-refractivity contribution in [1.29, 1.82) is 0 Å². The minimum Gasteiger partial charge on any atom is -0.330 e. The van der Waals surface area contributed by atoms with Gasteiger partial charge >= 0.3 is 0 Å². The van der Waals surface area contributed by atoms with Gasteiger partial charge in [-0.05, 0) is 93.5 Å². The summed E-state index contributed by atoms with van der Waals surface area (Å²) in [6, 6.07) is 0. The molecule has 226 valence electrons. The van der Waals surface area contributed by atoms with Gasteiger partial charge in [-0.1, -0.05) is 136 Å². The molecular weight excluding hydrogens is 460 g/mol. The van der Waals surface area contributed by atoms with E-state index in [1.807, 2.05) is 0 Å². The van der Waals surface area contributed by atoms with Crippen molar-refractivity contribution in [1.82, 2.24) is 0 Å². The van der Waals surface area contributed by atoms with Crippen LogP contribution in [0, 0.1) is 35.5 Å². The normalized spacial score (nSPS) is 27.5. The maximum absolute atomic E-state index is 5.70. The van der Waals surface area contributed by atoms with Crippen LogP contribution in [0.4, 0.5) is 0 Å². The van der Waals surface area contributed by atoms with Crippen LogP contribution in [0.3, 0.4) is 0 Å². The molecule has 0 saturated heterocycles. The fourth-order valence-electron chi connectivity index (χ4n) is 8.64. The monoisotopic (exact) mass is 533 g/mol. The number of hydrogen-bond donors (Lipinski definition) is 2. The van der Waals surface area contributed by atoms with E-state index in [0.29, 0.717) is 0 Å². The summed E-state index contributed by atoms with van der Waals surface area (Å²) in [4.78, 5) is 0. The van der Waals surface area contributed by atoms with Gasteiger partial charge in [0.05, 0.1) is 0 Å². The smallest absolute Gasteiger partial charge is 0.00773 e. The average molecular weight is 533 g/mol. The topological polar surface area (TPSA) is 52.0 Å². The number of rotatable bonds is 24. The van der Waals surface area contributed by atoms with E-state index in [4.69, 9.17) is 11.5 Å². The standard InChI is InChI=1S/C36H72N2/c1-3-5-7-18-24-35-31(21-6-4-2)25-26-34-29-32(22-16-12-8-10-14-19-27-37)33(30-36(34)35)23-17-13-9-11-15-20-28-38/h31-36H,3-30,37-38H2,1-2H3. The molecule has 6 atom stereocenters. The Labute approximate surface area is 240 Å². The molecule has 2 rings (SSSR count). The van der Waals surface area contributed by atoms with E-state index < -0.39 is 0 Å². The van der Waals surface area contributed by atoms with Gasteiger partial charge in [-0.25, -0.2) is 0 Å². The summed E-state index contributed by atoms with van der Waals surface area (Å²) in [5, 5.41) is 0. The molecule has 2 saturated carbocycles. The van der Waals surface area contributed by atoms with E-state index >= 15 is 0 Å². The van der Waals surface area contributed by atoms with E-state index in [1.165, 1.54) is 135 Å². The van der Waals surface area contributed by atoms with Crippen molar-refractivity contribution in [3.63, 3.8) is 0 Å². The van der Waals surface area contributed by atoms with Crippen LogP contribution >= 0.6 is 0 Å². The lowest BCUT2D eigenvalue weighted by atomic mass is 9.54. The van der Waals surface area contributed by atoms with Crippen molar-refractivity contribution in [2.75, 3.05) is 13.1 Å². The molecular formula is C36H72N2. The highest BCUT2D eigenvalue weighted by molar-refractivity contribution is 4.94. The first-order valence-electron chi connectivity index (χ1n) is 18.1. The predicted octanol–water partition coefficient (Wildman–Crippen LogP) is 10.8. The van der Waals surface area contributed by atoms with Gasteiger partial charge in [0.1, 0.15) is 0 Å². The molecule has 0 radical (unpaired) electrons. The van der Waals surface area contributed by atoms with Crippen LogP contribution < -0.4 is 11.5 Å². The molecule has 0 bridgehead atoms. The molecule has 0 aromatic carbocycles. The van der Waals surface area contributed by atoms with Gasteiger partial charge in [0, 0.05) is 0 Å². The third-order valence-corrected chi connectivity index (χ3v) is 10.9. The van der Waals surface area contributed by atoms with Crippen molar-refractivity contribution in [2.45, 2.75) is 181 Å². The molecule has 0 amide bonds. The summed E-state index contributed by atoms with van der Waals surface area (Å²) in [7, 11) is 0. The van der Waals surface area contributed by atoms with Gasteiger partial charge in [-0.3, -0.25) is 0 Å². The lowest BCUT2D eigenvalue weighted by Gasteiger charge is -2.51. The largest absolute Gasteiger partial charge is 0.330 e. The van der Waals surface area contributed by atoms with Crippen LogP contribution in [-0.2, 0) is 0 Å². The molecule has 4 N–H and O–H groups in total. The predicted molar refractivity (Wildman–Crippen MR) is 170 cm³/mol. The Bertz CT molecular complexity index is 519. The van der Waals surface area contributed by atoms with E-state index in [0.717, 1.165) is 48.6 Å². The lowest BCUT2D eigenvalue weighted by molar-refractivity contribution is -0.00855. The molecule has 2 fully saturated rings. The Balaban J connectivity index is 1.95. The highest BCUT2D eigenvalue weighted by atomic mass is 14.5. The van der Waals surface area contributed by atoms with Gasteiger partial charge in [0.2, 0.25) is 0 Å². The minimum absolute atomic E-state index is 0.873. The molecule has 2 heteroatoms. The van der Waals surface area contributed by atoms with E-state index in [9.17, 15) is 0 Å². The maximum Gasteiger partial charge on any atom is -0.00773 e. The molecule has 2 aliphatic carbocycles. The zero-order valence-electron chi connectivity index (χ0n) is 26.4. The maximum atomic E-state index is 5.70. The third kappa shape index (κ3) is 13.5. The summed E-state index contributed by atoms with van der Waals surface area (Å²) in [6.07, 6.45) is 37.8.